The number of benzene rings is 2. The van der Waals surface area contributed by atoms with E-state index >= 15 is 0 Å². The first-order valence-electron chi connectivity index (χ1n) is 10.3. The summed E-state index contributed by atoms with van der Waals surface area (Å²) >= 11 is 5.93. The minimum atomic E-state index is -5.08. The van der Waals surface area contributed by atoms with Gasteiger partial charge in [0.2, 0.25) is 0 Å². The van der Waals surface area contributed by atoms with Crippen LogP contribution in [0.3, 0.4) is 0 Å². The van der Waals surface area contributed by atoms with Gasteiger partial charge in [-0.25, -0.2) is 23.0 Å². The van der Waals surface area contributed by atoms with E-state index in [1.807, 2.05) is 30.3 Å². The molecule has 204 valence electrons. The second kappa shape index (κ2) is 12.5. The van der Waals surface area contributed by atoms with Crippen LogP contribution in [0, 0.1) is 0 Å². The molecule has 10 nitrogen and oxygen atoms in total. The number of anilines is 2. The van der Waals surface area contributed by atoms with E-state index in [2.05, 4.69) is 9.71 Å². The maximum atomic E-state index is 12.8. The highest BCUT2D eigenvalue weighted by Gasteiger charge is 2.38. The molecule has 0 atom stereocenters. The van der Waals surface area contributed by atoms with Crippen LogP contribution in [0.4, 0.5) is 24.7 Å². The number of alkyl halides is 3. The summed E-state index contributed by atoms with van der Waals surface area (Å²) in [5.41, 5.74) is 0.828. The number of carbonyl (C=O) groups is 2. The topological polar surface area (TPSA) is 146 Å². The molecule has 0 aliphatic rings. The van der Waals surface area contributed by atoms with Crippen LogP contribution in [-0.2, 0) is 21.4 Å². The smallest absolute Gasteiger partial charge is 0.490 e. The molecule has 0 amide bonds. The number of aliphatic carboxylic acids is 1. The van der Waals surface area contributed by atoms with Crippen molar-refractivity contribution >= 4 is 45.1 Å². The van der Waals surface area contributed by atoms with Crippen LogP contribution in [0.5, 0.6) is 5.75 Å². The summed E-state index contributed by atoms with van der Waals surface area (Å²) in [5.74, 6) is -3.68. The maximum Gasteiger partial charge on any atom is 0.490 e. The van der Waals surface area contributed by atoms with Crippen LogP contribution in [0.2, 0.25) is 5.02 Å². The number of methoxy groups -OCH3 is 1. The fourth-order valence-corrected chi connectivity index (χ4v) is 4.44. The number of pyridine rings is 1. The highest BCUT2D eigenvalue weighted by atomic mass is 35.5. The molecule has 0 saturated carbocycles. The van der Waals surface area contributed by atoms with Crippen molar-refractivity contribution in [1.29, 1.82) is 0 Å². The number of carboxylic acids is 2. The van der Waals surface area contributed by atoms with Gasteiger partial charge in [-0.3, -0.25) is 4.72 Å². The first-order chi connectivity index (χ1) is 17.7. The quantitative estimate of drug-likeness (QED) is 0.353. The number of hydrogen-bond acceptors (Lipinski definition) is 7. The van der Waals surface area contributed by atoms with Crippen molar-refractivity contribution in [3.8, 4) is 5.75 Å². The molecule has 0 radical (unpaired) electrons. The molecule has 3 rings (SSSR count). The van der Waals surface area contributed by atoms with Crippen molar-refractivity contribution in [2.75, 3.05) is 23.8 Å². The zero-order chi connectivity index (χ0) is 28.7. The van der Waals surface area contributed by atoms with Crippen molar-refractivity contribution < 1.29 is 46.1 Å². The van der Waals surface area contributed by atoms with Gasteiger partial charge in [0.15, 0.2) is 0 Å². The third-order valence-electron chi connectivity index (χ3n) is 4.63. The van der Waals surface area contributed by atoms with Gasteiger partial charge in [-0.1, -0.05) is 41.9 Å². The lowest BCUT2D eigenvalue weighted by Crippen LogP contribution is -2.21. The van der Waals surface area contributed by atoms with Crippen molar-refractivity contribution in [3.63, 3.8) is 0 Å². The van der Waals surface area contributed by atoms with Gasteiger partial charge in [0.05, 0.1) is 19.0 Å². The zero-order valence-electron chi connectivity index (χ0n) is 19.7. The monoisotopic (exact) mass is 575 g/mol. The van der Waals surface area contributed by atoms with Gasteiger partial charge in [-0.05, 0) is 29.8 Å². The standard InChI is InChI=1S/C21H20ClN3O5S.C2HF3O2/c1-25(13-14-6-4-3-5-7-14)20-17(21(26)27)11-16(12-23-20)24-31(28,29)19-10-15(22)8-9-18(19)30-2;3-2(4,5)1(6)7/h3-12,24H,13H2,1-2H3,(H,26,27);(H,6,7). The van der Waals surface area contributed by atoms with Crippen LogP contribution in [0.15, 0.2) is 65.7 Å². The van der Waals surface area contributed by atoms with Gasteiger partial charge in [0.25, 0.3) is 10.0 Å². The Bertz CT molecular complexity index is 1410. The third kappa shape index (κ3) is 8.24. The molecule has 0 aliphatic carbocycles. The molecule has 0 bridgehead atoms. The summed E-state index contributed by atoms with van der Waals surface area (Å²) in [7, 11) is -1.06. The first-order valence-corrected chi connectivity index (χ1v) is 12.2. The molecule has 0 unspecified atom stereocenters. The molecule has 38 heavy (non-hydrogen) atoms. The number of aromatic nitrogens is 1. The highest BCUT2D eigenvalue weighted by molar-refractivity contribution is 7.92. The van der Waals surface area contributed by atoms with Crippen molar-refractivity contribution in [2.24, 2.45) is 0 Å². The van der Waals surface area contributed by atoms with Gasteiger partial charge in [0.1, 0.15) is 22.0 Å². The van der Waals surface area contributed by atoms with E-state index < -0.39 is 28.1 Å². The Balaban J connectivity index is 0.000000638. The van der Waals surface area contributed by atoms with Gasteiger partial charge in [-0.15, -0.1) is 0 Å². The third-order valence-corrected chi connectivity index (χ3v) is 6.27. The molecule has 15 heteroatoms. The lowest BCUT2D eigenvalue weighted by atomic mass is 10.2. The van der Waals surface area contributed by atoms with E-state index in [0.717, 1.165) is 5.56 Å². The molecule has 2 aromatic carbocycles. The Kier molecular flexibility index (Phi) is 9.91. The van der Waals surface area contributed by atoms with Crippen LogP contribution >= 0.6 is 11.6 Å². The van der Waals surface area contributed by atoms with Crippen molar-refractivity contribution in [3.05, 3.63) is 76.9 Å². The molecular formula is C23H21ClF3N3O7S. The fourth-order valence-electron chi connectivity index (χ4n) is 2.98. The zero-order valence-corrected chi connectivity index (χ0v) is 21.3. The Morgan fingerprint density at radius 2 is 1.71 bits per heavy atom. The summed E-state index contributed by atoms with van der Waals surface area (Å²) in [4.78, 5) is 26.4. The van der Waals surface area contributed by atoms with Gasteiger partial charge in [0, 0.05) is 18.6 Å². The summed E-state index contributed by atoms with van der Waals surface area (Å²) in [6.07, 6.45) is -3.82. The van der Waals surface area contributed by atoms with Crippen LogP contribution in [-0.4, -0.2) is 55.9 Å². The lowest BCUT2D eigenvalue weighted by molar-refractivity contribution is -0.192. The molecule has 0 saturated heterocycles. The number of hydrogen-bond donors (Lipinski definition) is 3. The Morgan fingerprint density at radius 3 is 2.24 bits per heavy atom. The molecule has 1 heterocycles. The minimum absolute atomic E-state index is 0.00344. The summed E-state index contributed by atoms with van der Waals surface area (Å²) in [6, 6.07) is 14.9. The molecule has 3 N–H and O–H groups in total. The number of nitrogens with one attached hydrogen (secondary N) is 1. The van der Waals surface area contributed by atoms with Gasteiger partial charge in [-0.2, -0.15) is 13.2 Å². The SMILES string of the molecule is COc1ccc(Cl)cc1S(=O)(=O)Nc1cnc(N(C)Cc2ccccc2)c(C(=O)O)c1.O=C(O)C(F)(F)F. The van der Waals surface area contributed by atoms with Crippen molar-refractivity contribution in [1.82, 2.24) is 4.98 Å². The fraction of sp³-hybridized carbons (Fsp3) is 0.174. The predicted octanol–water partition coefficient (Wildman–Crippen LogP) is 4.51. The summed E-state index contributed by atoms with van der Waals surface area (Å²) in [5, 5.41) is 17.0. The summed E-state index contributed by atoms with van der Waals surface area (Å²) < 4.78 is 64.9. The van der Waals surface area contributed by atoms with Crippen LogP contribution in [0.1, 0.15) is 15.9 Å². The number of ether oxygens (including phenoxy) is 1. The van der Waals surface area contributed by atoms with E-state index in [0.29, 0.717) is 6.54 Å². The Labute approximate surface area is 220 Å². The lowest BCUT2D eigenvalue weighted by Gasteiger charge is -2.21. The van der Waals surface area contributed by atoms with Crippen molar-refractivity contribution in [2.45, 2.75) is 17.6 Å². The van der Waals surface area contributed by atoms with Gasteiger partial charge >= 0.3 is 18.1 Å². The number of rotatable bonds is 8. The van der Waals surface area contributed by atoms with E-state index in [1.54, 1.807) is 11.9 Å². The van der Waals surface area contributed by atoms with E-state index in [1.165, 1.54) is 37.6 Å². The van der Waals surface area contributed by atoms with E-state index in [-0.39, 0.29) is 32.7 Å². The maximum absolute atomic E-state index is 12.8. The number of aromatic carboxylic acids is 1. The number of halogens is 4. The first kappa shape index (κ1) is 30.2. The minimum Gasteiger partial charge on any atom is -0.495 e. The molecule has 0 spiro atoms. The average Bonchev–Trinajstić information content (AvgIpc) is 2.84. The molecule has 0 fully saturated rings. The molecule has 1 aromatic heterocycles. The van der Waals surface area contributed by atoms with Crippen LogP contribution < -0.4 is 14.4 Å². The van der Waals surface area contributed by atoms with E-state index in [9.17, 15) is 31.5 Å². The summed E-state index contributed by atoms with van der Waals surface area (Å²) in [6.45, 7) is 0.429. The average molecular weight is 576 g/mol. The van der Waals surface area contributed by atoms with E-state index in [4.69, 9.17) is 26.2 Å². The number of sulfonamides is 1. The second-order valence-electron chi connectivity index (χ2n) is 7.45. The van der Waals surface area contributed by atoms with Gasteiger partial charge < -0.3 is 19.8 Å². The van der Waals surface area contributed by atoms with Crippen LogP contribution in [0.25, 0.3) is 0 Å². The molecular weight excluding hydrogens is 555 g/mol. The predicted molar refractivity (Wildman–Crippen MR) is 132 cm³/mol. The number of nitrogens with zero attached hydrogens (tertiary/aromatic N) is 2. The normalized spacial score (nSPS) is 11.1. The second-order valence-corrected chi connectivity index (χ2v) is 9.53. The largest absolute Gasteiger partial charge is 0.495 e. The Morgan fingerprint density at radius 1 is 1.11 bits per heavy atom. The highest BCUT2D eigenvalue weighted by Crippen LogP contribution is 2.30. The molecule has 0 aliphatic heterocycles. The molecule has 3 aromatic rings. The Hall–Kier alpha value is -4.04. The number of carboxylic acid groups (broad SMARTS) is 2.